The van der Waals surface area contributed by atoms with E-state index in [0.29, 0.717) is 13.1 Å². The van der Waals surface area contributed by atoms with E-state index in [1.54, 1.807) is 0 Å². The van der Waals surface area contributed by atoms with Gasteiger partial charge in [-0.15, -0.1) is 0 Å². The summed E-state index contributed by atoms with van der Waals surface area (Å²) in [4.78, 5) is 22.2. The normalized spacial score (nSPS) is 15.4. The van der Waals surface area contributed by atoms with E-state index < -0.39 is 0 Å². The topological polar surface area (TPSA) is 54.5 Å². The molecule has 2 amide bonds. The first-order valence-electron chi connectivity index (χ1n) is 8.28. The molecule has 2 aromatic rings. The van der Waals surface area contributed by atoms with Crippen molar-refractivity contribution in [3.05, 3.63) is 66.0 Å². The summed E-state index contributed by atoms with van der Waals surface area (Å²) < 4.78 is 0. The Morgan fingerprint density at radius 1 is 1.21 bits per heavy atom. The summed E-state index contributed by atoms with van der Waals surface area (Å²) in [6.07, 6.45) is 5.09. The first-order chi connectivity index (χ1) is 11.7. The van der Waals surface area contributed by atoms with Crippen LogP contribution in [0.1, 0.15) is 30.5 Å². The van der Waals surface area contributed by atoms with Gasteiger partial charge < -0.3 is 5.32 Å². The second kappa shape index (κ2) is 7.45. The molecule has 126 valence electrons. The van der Waals surface area contributed by atoms with Crippen LogP contribution in [-0.2, 0) is 16.8 Å². The molecule has 0 bridgehead atoms. The smallest absolute Gasteiger partial charge is 0.335 e. The Balaban J connectivity index is 1.61. The van der Waals surface area contributed by atoms with Gasteiger partial charge in [-0.25, -0.2) is 4.79 Å². The van der Waals surface area contributed by atoms with E-state index in [4.69, 9.17) is 4.84 Å². The molecule has 1 heterocycles. The standard InChI is InChI=1S/C19H23N3O2/c1-24-22(14-16-8-3-2-4-9-16)18(23)21-15-19(11-7-12-19)17-10-5-6-13-20-17/h2-6,8-10,13H,7,11-12,14-15H2,1H3,(H,21,23). The van der Waals surface area contributed by atoms with Crippen LogP contribution in [0.4, 0.5) is 4.79 Å². The quantitative estimate of drug-likeness (QED) is 0.829. The highest BCUT2D eigenvalue weighted by molar-refractivity contribution is 5.73. The lowest BCUT2D eigenvalue weighted by molar-refractivity contribution is -0.0937. The van der Waals surface area contributed by atoms with Gasteiger partial charge in [-0.3, -0.25) is 9.82 Å². The molecule has 0 spiro atoms. The molecule has 1 aromatic carbocycles. The zero-order valence-corrected chi connectivity index (χ0v) is 13.9. The van der Waals surface area contributed by atoms with Crippen LogP contribution in [-0.4, -0.2) is 29.7 Å². The van der Waals surface area contributed by atoms with Gasteiger partial charge in [0.1, 0.15) is 0 Å². The maximum Gasteiger partial charge on any atom is 0.341 e. The van der Waals surface area contributed by atoms with Crippen LogP contribution in [0.2, 0.25) is 0 Å². The summed E-state index contributed by atoms with van der Waals surface area (Å²) in [5.41, 5.74) is 2.05. The zero-order valence-electron chi connectivity index (χ0n) is 13.9. The van der Waals surface area contributed by atoms with Gasteiger partial charge in [0.25, 0.3) is 0 Å². The molecule has 1 aromatic heterocycles. The number of rotatable bonds is 6. The molecule has 0 aliphatic heterocycles. The van der Waals surface area contributed by atoms with Crippen molar-refractivity contribution < 1.29 is 9.63 Å². The second-order valence-corrected chi connectivity index (χ2v) is 6.21. The number of urea groups is 1. The number of pyridine rings is 1. The minimum absolute atomic E-state index is 0.0386. The molecule has 0 unspecified atom stereocenters. The highest BCUT2D eigenvalue weighted by Crippen LogP contribution is 2.42. The largest absolute Gasteiger partial charge is 0.341 e. The van der Waals surface area contributed by atoms with Crippen molar-refractivity contribution in [1.29, 1.82) is 0 Å². The van der Waals surface area contributed by atoms with Gasteiger partial charge in [0.2, 0.25) is 0 Å². The summed E-state index contributed by atoms with van der Waals surface area (Å²) in [6.45, 7) is 0.997. The number of nitrogens with zero attached hydrogens (tertiary/aromatic N) is 2. The van der Waals surface area contributed by atoms with E-state index in [2.05, 4.69) is 10.3 Å². The van der Waals surface area contributed by atoms with Crippen molar-refractivity contribution in [2.45, 2.75) is 31.2 Å². The fraction of sp³-hybridized carbons (Fsp3) is 0.368. The number of hydrogen-bond acceptors (Lipinski definition) is 3. The minimum Gasteiger partial charge on any atom is -0.335 e. The van der Waals surface area contributed by atoms with Gasteiger partial charge in [-0.1, -0.05) is 42.8 Å². The maximum absolute atomic E-state index is 12.5. The van der Waals surface area contributed by atoms with Crippen LogP contribution < -0.4 is 5.32 Å². The third-order valence-corrected chi connectivity index (χ3v) is 4.71. The Kier molecular flexibility index (Phi) is 5.11. The predicted octanol–water partition coefficient (Wildman–Crippen LogP) is 3.28. The molecule has 1 saturated carbocycles. The van der Waals surface area contributed by atoms with E-state index in [-0.39, 0.29) is 11.4 Å². The van der Waals surface area contributed by atoms with E-state index in [1.165, 1.54) is 18.6 Å². The molecule has 3 rings (SSSR count). The predicted molar refractivity (Wildman–Crippen MR) is 92.2 cm³/mol. The van der Waals surface area contributed by atoms with Gasteiger partial charge in [0.05, 0.1) is 13.7 Å². The van der Waals surface area contributed by atoms with E-state index in [1.807, 2.05) is 54.7 Å². The highest BCUT2D eigenvalue weighted by Gasteiger charge is 2.40. The molecule has 1 fully saturated rings. The van der Waals surface area contributed by atoms with Gasteiger partial charge in [0.15, 0.2) is 0 Å². The Bertz CT molecular complexity index is 657. The molecule has 1 aliphatic rings. The van der Waals surface area contributed by atoms with Crippen molar-refractivity contribution >= 4 is 6.03 Å². The first kappa shape index (κ1) is 16.5. The van der Waals surface area contributed by atoms with E-state index >= 15 is 0 Å². The van der Waals surface area contributed by atoms with E-state index in [0.717, 1.165) is 24.1 Å². The fourth-order valence-corrected chi connectivity index (χ4v) is 3.10. The number of carbonyl (C=O) groups is 1. The lowest BCUT2D eigenvalue weighted by Gasteiger charge is -2.41. The Labute approximate surface area is 142 Å². The summed E-state index contributed by atoms with van der Waals surface area (Å²) in [5.74, 6) is 0. The fourth-order valence-electron chi connectivity index (χ4n) is 3.10. The zero-order chi connectivity index (χ0) is 16.8. The molecule has 1 N–H and O–H groups in total. The molecule has 5 nitrogen and oxygen atoms in total. The molecule has 1 aliphatic carbocycles. The van der Waals surface area contributed by atoms with Crippen molar-refractivity contribution in [3.8, 4) is 0 Å². The van der Waals surface area contributed by atoms with Crippen LogP contribution in [0.5, 0.6) is 0 Å². The van der Waals surface area contributed by atoms with Gasteiger partial charge >= 0.3 is 6.03 Å². The van der Waals surface area contributed by atoms with Crippen molar-refractivity contribution in [3.63, 3.8) is 0 Å². The number of nitrogens with one attached hydrogen (secondary N) is 1. The molecule has 0 atom stereocenters. The summed E-state index contributed by atoms with van der Waals surface area (Å²) in [6, 6.07) is 15.5. The van der Waals surface area contributed by atoms with Crippen molar-refractivity contribution in [2.24, 2.45) is 0 Å². The van der Waals surface area contributed by atoms with Crippen molar-refractivity contribution in [2.75, 3.05) is 13.7 Å². The average Bonchev–Trinajstić information content (AvgIpc) is 2.60. The SMILES string of the molecule is CON(Cc1ccccc1)C(=O)NCC1(c2ccccn2)CCC1. The Morgan fingerprint density at radius 2 is 1.96 bits per heavy atom. The summed E-state index contributed by atoms with van der Waals surface area (Å²) in [5, 5.41) is 4.36. The number of hydroxylamine groups is 2. The molecular formula is C19H23N3O2. The second-order valence-electron chi connectivity index (χ2n) is 6.21. The molecule has 5 heteroatoms. The molecular weight excluding hydrogens is 302 g/mol. The maximum atomic E-state index is 12.5. The number of hydrogen-bond donors (Lipinski definition) is 1. The summed E-state index contributed by atoms with van der Waals surface area (Å²) >= 11 is 0. The van der Waals surface area contributed by atoms with Crippen LogP contribution in [0.25, 0.3) is 0 Å². The van der Waals surface area contributed by atoms with E-state index in [9.17, 15) is 4.79 Å². The van der Waals surface area contributed by atoms with Gasteiger partial charge in [-0.2, -0.15) is 5.06 Å². The molecule has 24 heavy (non-hydrogen) atoms. The lowest BCUT2D eigenvalue weighted by atomic mass is 9.66. The van der Waals surface area contributed by atoms with Gasteiger partial charge in [-0.05, 0) is 30.5 Å². The van der Waals surface area contributed by atoms with Crippen LogP contribution in [0.15, 0.2) is 54.7 Å². The highest BCUT2D eigenvalue weighted by atomic mass is 16.7. The minimum atomic E-state index is -0.219. The van der Waals surface area contributed by atoms with Crippen LogP contribution >= 0.6 is 0 Å². The third kappa shape index (κ3) is 3.57. The van der Waals surface area contributed by atoms with Crippen LogP contribution in [0, 0.1) is 0 Å². The number of carbonyl (C=O) groups excluding carboxylic acids is 1. The molecule has 0 saturated heterocycles. The lowest BCUT2D eigenvalue weighted by Crippen LogP contribution is -2.49. The Hall–Kier alpha value is -2.40. The van der Waals surface area contributed by atoms with Crippen molar-refractivity contribution in [1.82, 2.24) is 15.4 Å². The number of aromatic nitrogens is 1. The monoisotopic (exact) mass is 325 g/mol. The number of amides is 2. The third-order valence-electron chi connectivity index (χ3n) is 4.71. The Morgan fingerprint density at radius 3 is 2.54 bits per heavy atom. The summed E-state index contributed by atoms with van der Waals surface area (Å²) in [7, 11) is 1.51. The van der Waals surface area contributed by atoms with Gasteiger partial charge in [0, 0.05) is 23.9 Å². The van der Waals surface area contributed by atoms with Crippen LogP contribution in [0.3, 0.4) is 0 Å². The number of benzene rings is 1. The average molecular weight is 325 g/mol. The molecule has 0 radical (unpaired) electrons. The first-order valence-corrected chi connectivity index (χ1v) is 8.28.